The zero-order chi connectivity index (χ0) is 34.7. The molecule has 8 rings (SSSR count). The molecule has 8 heteroatoms. The lowest BCUT2D eigenvalue weighted by Crippen LogP contribution is -2.04. The molecule has 0 aliphatic rings. The van der Waals surface area contributed by atoms with Gasteiger partial charge in [0.1, 0.15) is 0 Å². The third-order valence-corrected chi connectivity index (χ3v) is 9.09. The minimum absolute atomic E-state index is 0.408. The first-order valence-electron chi connectivity index (χ1n) is 15.6. The van der Waals surface area contributed by atoms with Crippen molar-refractivity contribution in [3.8, 4) is 28.6 Å². The first-order chi connectivity index (χ1) is 24.3. The Bertz CT molecular complexity index is 2850. The normalized spacial score (nSPS) is 10.9. The van der Waals surface area contributed by atoms with Gasteiger partial charge in [-0.1, -0.05) is 42.5 Å². The maximum atomic E-state index is 9.95. The first kappa shape index (κ1) is 29.7. The summed E-state index contributed by atoms with van der Waals surface area (Å²) < 4.78 is 4.08. The van der Waals surface area contributed by atoms with Crippen LogP contribution < -0.4 is 0 Å². The second kappa shape index (κ2) is 11.2. The molecule has 0 aliphatic heterocycles. The van der Waals surface area contributed by atoms with Gasteiger partial charge in [-0.05, 0) is 79.6 Å². The molecule has 0 N–H and O–H groups in total. The molecule has 0 radical (unpaired) electrons. The van der Waals surface area contributed by atoms with E-state index >= 15 is 0 Å². The first-order valence-corrected chi connectivity index (χ1v) is 15.6. The Kier molecular flexibility index (Phi) is 6.66. The summed E-state index contributed by atoms with van der Waals surface area (Å²) in [5.41, 5.74) is 9.78. The molecule has 0 saturated heterocycles. The second-order valence-electron chi connectivity index (χ2n) is 12.1. The highest BCUT2D eigenvalue weighted by atomic mass is 15.1. The third-order valence-electron chi connectivity index (χ3n) is 9.09. The van der Waals surface area contributed by atoms with Gasteiger partial charge >= 0.3 is 0 Å². The van der Waals surface area contributed by atoms with Crippen LogP contribution >= 0.6 is 0 Å². The SMILES string of the molecule is [C-]#[N+]c1ccc2c3ccc(C#N)cc3n(-c3cc([N+]#[C-])c(-c4cc(C)nc(C)c4)cc3-n3c4cc([N+]#[C-])ccc4c4ccc([N+]#[C-])cc43)c2c1. The van der Waals surface area contributed by atoms with Gasteiger partial charge in [-0.3, -0.25) is 4.98 Å². The molecule has 3 aromatic heterocycles. The van der Waals surface area contributed by atoms with Crippen LogP contribution in [0.3, 0.4) is 0 Å². The fourth-order valence-electron chi connectivity index (χ4n) is 7.04. The van der Waals surface area contributed by atoms with Crippen molar-refractivity contribution in [3.05, 3.63) is 160 Å². The van der Waals surface area contributed by atoms with Crippen molar-refractivity contribution in [2.75, 3.05) is 0 Å². The minimum Gasteiger partial charge on any atom is -0.310 e. The maximum absolute atomic E-state index is 9.95. The molecule has 0 fully saturated rings. The summed E-state index contributed by atoms with van der Waals surface area (Å²) in [6, 6.07) is 32.3. The summed E-state index contributed by atoms with van der Waals surface area (Å²) in [4.78, 5) is 19.8. The van der Waals surface area contributed by atoms with E-state index in [1.54, 1.807) is 24.3 Å². The Morgan fingerprint density at radius 3 is 1.42 bits per heavy atom. The highest BCUT2D eigenvalue weighted by Crippen LogP contribution is 2.44. The molecule has 230 valence electrons. The van der Waals surface area contributed by atoms with Crippen LogP contribution in [0.1, 0.15) is 17.0 Å². The fraction of sp³-hybridized carbons (Fsp3) is 0.0476. The van der Waals surface area contributed by atoms with Gasteiger partial charge < -0.3 is 9.13 Å². The van der Waals surface area contributed by atoms with Crippen molar-refractivity contribution in [3.63, 3.8) is 0 Å². The zero-order valence-electron chi connectivity index (χ0n) is 26.8. The standard InChI is InChI=1S/C42H22N8/c1-24-15-27(16-25(2)48-24)35-21-41(50-39-19-29(45-4)9-13-33(39)34-14-10-30(46-5)20-40(34)50)42(22-36(35)47-6)49-37-17-26(23-43)7-11-31(37)32-12-8-28(44-3)18-38(32)49/h7-22H,1-2H3. The number of fused-ring (bicyclic) bond motifs is 6. The summed E-state index contributed by atoms with van der Waals surface area (Å²) in [6.07, 6.45) is 0. The molecule has 0 aliphatic carbocycles. The van der Waals surface area contributed by atoms with E-state index in [1.165, 1.54) is 0 Å². The predicted molar refractivity (Wildman–Crippen MR) is 198 cm³/mol. The van der Waals surface area contributed by atoms with Crippen molar-refractivity contribution in [2.24, 2.45) is 0 Å². The molecule has 3 heterocycles. The van der Waals surface area contributed by atoms with Gasteiger partial charge in [0, 0.05) is 49.5 Å². The largest absolute Gasteiger partial charge is 0.310 e. The summed E-state index contributed by atoms with van der Waals surface area (Å²) in [7, 11) is 0. The maximum Gasteiger partial charge on any atom is 0.197 e. The second-order valence-corrected chi connectivity index (χ2v) is 12.1. The quantitative estimate of drug-likeness (QED) is 0.181. The highest BCUT2D eigenvalue weighted by molar-refractivity contribution is 6.13. The zero-order valence-corrected chi connectivity index (χ0v) is 26.8. The average Bonchev–Trinajstić information content (AvgIpc) is 3.64. The van der Waals surface area contributed by atoms with E-state index in [4.69, 9.17) is 26.3 Å². The van der Waals surface area contributed by atoms with Crippen LogP contribution in [0.25, 0.3) is 85.5 Å². The van der Waals surface area contributed by atoms with Crippen molar-refractivity contribution in [1.29, 1.82) is 5.26 Å². The van der Waals surface area contributed by atoms with Gasteiger partial charge in [-0.25, -0.2) is 19.4 Å². The number of aromatic nitrogens is 3. The van der Waals surface area contributed by atoms with E-state index in [-0.39, 0.29) is 0 Å². The van der Waals surface area contributed by atoms with Gasteiger partial charge in [-0.2, -0.15) is 5.26 Å². The highest BCUT2D eigenvalue weighted by Gasteiger charge is 2.23. The lowest BCUT2D eigenvalue weighted by atomic mass is 10.0. The summed E-state index contributed by atoms with van der Waals surface area (Å²) in [6.45, 7) is 35.7. The van der Waals surface area contributed by atoms with Crippen LogP contribution in [0.4, 0.5) is 22.7 Å². The van der Waals surface area contributed by atoms with Gasteiger partial charge in [0.05, 0.1) is 54.8 Å². The van der Waals surface area contributed by atoms with Gasteiger partial charge in [0.15, 0.2) is 22.7 Å². The Balaban J connectivity index is 1.63. The van der Waals surface area contributed by atoms with E-state index in [0.717, 1.165) is 60.6 Å². The Morgan fingerprint density at radius 2 is 0.980 bits per heavy atom. The van der Waals surface area contributed by atoms with Crippen LogP contribution in [0.5, 0.6) is 0 Å². The molecule has 0 unspecified atom stereocenters. The lowest BCUT2D eigenvalue weighted by molar-refractivity contribution is 1.10. The Morgan fingerprint density at radius 1 is 0.540 bits per heavy atom. The van der Waals surface area contributed by atoms with E-state index in [2.05, 4.69) is 35.0 Å². The molecule has 0 bridgehead atoms. The number of hydrogen-bond acceptors (Lipinski definition) is 2. The summed E-state index contributed by atoms with van der Waals surface area (Å²) in [5.74, 6) is 0. The summed E-state index contributed by atoms with van der Waals surface area (Å²) in [5, 5.41) is 13.5. The molecule has 0 amide bonds. The third kappa shape index (κ3) is 4.45. The van der Waals surface area contributed by atoms with Crippen LogP contribution in [-0.2, 0) is 0 Å². The van der Waals surface area contributed by atoms with Crippen molar-refractivity contribution in [2.45, 2.75) is 13.8 Å². The van der Waals surface area contributed by atoms with Crippen LogP contribution in [0.15, 0.2) is 97.1 Å². The average molecular weight is 639 g/mol. The molecular weight excluding hydrogens is 617 g/mol. The number of benzene rings is 5. The monoisotopic (exact) mass is 638 g/mol. The molecule has 8 aromatic rings. The predicted octanol–water partition coefficient (Wildman–Crippen LogP) is 11.6. The molecular formula is C42H22N8. The van der Waals surface area contributed by atoms with Crippen LogP contribution in [0.2, 0.25) is 0 Å². The fourth-order valence-corrected chi connectivity index (χ4v) is 7.04. The van der Waals surface area contributed by atoms with E-state index in [0.29, 0.717) is 45.3 Å². The van der Waals surface area contributed by atoms with Crippen LogP contribution in [-0.4, -0.2) is 14.1 Å². The van der Waals surface area contributed by atoms with E-state index in [1.807, 2.05) is 91.2 Å². The molecule has 8 nitrogen and oxygen atoms in total. The Hall–Kier alpha value is -7.70. The van der Waals surface area contributed by atoms with Crippen molar-refractivity contribution in [1.82, 2.24) is 14.1 Å². The lowest BCUT2D eigenvalue weighted by Gasteiger charge is -2.20. The molecule has 5 aromatic carbocycles. The molecule has 50 heavy (non-hydrogen) atoms. The van der Waals surface area contributed by atoms with E-state index in [9.17, 15) is 5.26 Å². The van der Waals surface area contributed by atoms with Gasteiger partial charge in [0.25, 0.3) is 0 Å². The molecule has 0 saturated carbocycles. The summed E-state index contributed by atoms with van der Waals surface area (Å²) >= 11 is 0. The number of aryl methyl sites for hydroxylation is 2. The number of nitriles is 1. The minimum atomic E-state index is 0.408. The number of rotatable bonds is 3. The smallest absolute Gasteiger partial charge is 0.197 e. The topological polar surface area (TPSA) is 64.0 Å². The van der Waals surface area contributed by atoms with Gasteiger partial charge in [0.2, 0.25) is 0 Å². The Labute approximate surface area is 287 Å². The van der Waals surface area contributed by atoms with Crippen LogP contribution in [0, 0.1) is 51.5 Å². The number of nitrogens with zero attached hydrogens (tertiary/aromatic N) is 8. The van der Waals surface area contributed by atoms with Crippen molar-refractivity contribution >= 4 is 66.4 Å². The number of hydrogen-bond donors (Lipinski definition) is 0. The van der Waals surface area contributed by atoms with Gasteiger partial charge in [-0.15, -0.1) is 0 Å². The number of pyridine rings is 1. The molecule has 0 spiro atoms. The van der Waals surface area contributed by atoms with E-state index < -0.39 is 0 Å². The molecule has 0 atom stereocenters. The van der Waals surface area contributed by atoms with Crippen molar-refractivity contribution < 1.29 is 0 Å².